The number of sulfone groups is 1. The first-order valence-electron chi connectivity index (χ1n) is 12.1. The average molecular weight is 570 g/mol. The summed E-state index contributed by atoms with van der Waals surface area (Å²) in [4.78, 5) is 0. The fraction of sp³-hybridized carbons (Fsp3) is 0.172. The topological polar surface area (TPSA) is 107 Å². The van der Waals surface area contributed by atoms with Gasteiger partial charge in [0.25, 0.3) is 0 Å². The van der Waals surface area contributed by atoms with Gasteiger partial charge in [-0.1, -0.05) is 30.3 Å². The summed E-state index contributed by atoms with van der Waals surface area (Å²) in [6.07, 6.45) is 1.20. The fourth-order valence-corrected chi connectivity index (χ4v) is 4.54. The number of hydrogen-bond acceptors (Lipinski definition) is 7. The Morgan fingerprint density at radius 2 is 1.92 bits per heavy atom. The van der Waals surface area contributed by atoms with Crippen molar-refractivity contribution in [2.45, 2.75) is 13.2 Å². The molecule has 10 heteroatoms. The zero-order valence-corrected chi connectivity index (χ0v) is 22.9. The largest absolute Gasteiger partial charge is 0.487 e. The first kappa shape index (κ1) is 28.2. The number of rotatable bonds is 12. The Bertz CT molecular complexity index is 1590. The second-order valence-corrected chi connectivity index (χ2v) is 11.7. The van der Waals surface area contributed by atoms with E-state index in [1.807, 2.05) is 24.3 Å². The predicted octanol–water partition coefficient (Wildman–Crippen LogP) is 6.12. The highest BCUT2D eigenvalue weighted by atomic mass is 35.5. The van der Waals surface area contributed by atoms with E-state index in [2.05, 4.69) is 17.2 Å². The molecule has 1 heterocycles. The molecule has 0 fully saturated rings. The smallest absolute Gasteiger partial charge is 0.148 e. The fourth-order valence-electron chi connectivity index (χ4n) is 3.79. The number of nitrogen functional groups attached to an aromatic ring is 1. The molecule has 4 rings (SSSR count). The lowest BCUT2D eigenvalue weighted by atomic mass is 10.0. The molecule has 0 radical (unpaired) electrons. The van der Waals surface area contributed by atoms with Crippen molar-refractivity contribution in [2.24, 2.45) is 0 Å². The number of nitrogens with two attached hydrogens (primary N) is 1. The summed E-state index contributed by atoms with van der Waals surface area (Å²) in [7, 11) is -3.02. The predicted molar refractivity (Wildman–Crippen MR) is 155 cm³/mol. The molecule has 3 aromatic carbocycles. The molecule has 0 saturated heterocycles. The molecule has 0 aliphatic heterocycles. The number of anilines is 2. The lowest BCUT2D eigenvalue weighted by Crippen LogP contribution is -2.21. The van der Waals surface area contributed by atoms with E-state index in [4.69, 9.17) is 26.5 Å². The van der Waals surface area contributed by atoms with E-state index in [1.165, 1.54) is 18.4 Å². The molecule has 4 aromatic rings. The number of ether oxygens (including phenoxy) is 1. The standard InChI is InChI=1S/C29H29ClFN3O4S/c1-19(34-23-7-10-29(26(30)16-23)37-18-20-4-3-5-22(31)14-20)25-15-21(6-9-27(25)32)28-11-8-24(38-28)17-33-12-13-39(2,35)36/h3-11,14-16,33-34H,1,12-13,17-18,32H2,2H3. The van der Waals surface area contributed by atoms with Crippen LogP contribution in [-0.2, 0) is 23.0 Å². The number of nitrogens with one attached hydrogen (secondary N) is 2. The van der Waals surface area contributed by atoms with E-state index in [-0.39, 0.29) is 18.2 Å². The van der Waals surface area contributed by atoms with Crippen LogP contribution in [0.3, 0.4) is 0 Å². The molecule has 7 nitrogen and oxygen atoms in total. The highest BCUT2D eigenvalue weighted by molar-refractivity contribution is 7.90. The second-order valence-electron chi connectivity index (χ2n) is 9.04. The number of benzene rings is 3. The molecule has 4 N–H and O–H groups in total. The molecule has 0 aliphatic rings. The van der Waals surface area contributed by atoms with Crippen LogP contribution < -0.4 is 21.1 Å². The first-order valence-corrected chi connectivity index (χ1v) is 14.5. The van der Waals surface area contributed by atoms with Crippen molar-refractivity contribution < 1.29 is 22.0 Å². The van der Waals surface area contributed by atoms with Crippen LogP contribution in [0.15, 0.2) is 83.8 Å². The molecular formula is C29H29ClFN3O4S. The quantitative estimate of drug-likeness (QED) is 0.139. The molecule has 0 amide bonds. The van der Waals surface area contributed by atoms with Crippen molar-refractivity contribution in [3.63, 3.8) is 0 Å². The van der Waals surface area contributed by atoms with E-state index in [0.29, 0.717) is 63.6 Å². The Kier molecular flexibility index (Phi) is 8.96. The zero-order valence-electron chi connectivity index (χ0n) is 21.3. The number of furan rings is 1. The third-order valence-electron chi connectivity index (χ3n) is 5.78. The minimum absolute atomic E-state index is 0.0624. The van der Waals surface area contributed by atoms with Gasteiger partial charge in [0.1, 0.15) is 39.5 Å². The van der Waals surface area contributed by atoms with Crippen LogP contribution in [0.5, 0.6) is 5.75 Å². The van der Waals surface area contributed by atoms with E-state index in [1.54, 1.807) is 36.4 Å². The normalized spacial score (nSPS) is 11.4. The Morgan fingerprint density at radius 1 is 1.10 bits per heavy atom. The van der Waals surface area contributed by atoms with Crippen LogP contribution in [-0.4, -0.2) is 27.0 Å². The molecular weight excluding hydrogens is 541 g/mol. The van der Waals surface area contributed by atoms with Crippen molar-refractivity contribution in [3.05, 3.63) is 107 Å². The molecule has 0 unspecified atom stereocenters. The lowest BCUT2D eigenvalue weighted by Gasteiger charge is -2.15. The van der Waals surface area contributed by atoms with Crippen molar-refractivity contribution in [1.29, 1.82) is 0 Å². The van der Waals surface area contributed by atoms with Crippen molar-refractivity contribution in [2.75, 3.05) is 29.6 Å². The van der Waals surface area contributed by atoms with Gasteiger partial charge in [-0.25, -0.2) is 12.8 Å². The van der Waals surface area contributed by atoms with Crippen LogP contribution in [0, 0.1) is 5.82 Å². The Hall–Kier alpha value is -3.79. The molecule has 39 heavy (non-hydrogen) atoms. The van der Waals surface area contributed by atoms with Gasteiger partial charge in [-0.3, -0.25) is 0 Å². The second kappa shape index (κ2) is 12.4. The van der Waals surface area contributed by atoms with Gasteiger partial charge in [0.15, 0.2) is 0 Å². The van der Waals surface area contributed by atoms with Gasteiger partial charge in [0.2, 0.25) is 0 Å². The minimum Gasteiger partial charge on any atom is -0.487 e. The third-order valence-corrected chi connectivity index (χ3v) is 7.02. The van der Waals surface area contributed by atoms with Gasteiger partial charge >= 0.3 is 0 Å². The summed E-state index contributed by atoms with van der Waals surface area (Å²) in [6.45, 7) is 5.08. The van der Waals surface area contributed by atoms with Gasteiger partial charge in [0.05, 0.1) is 17.3 Å². The Morgan fingerprint density at radius 3 is 2.67 bits per heavy atom. The molecule has 0 aliphatic carbocycles. The molecule has 0 bridgehead atoms. The van der Waals surface area contributed by atoms with Gasteiger partial charge < -0.3 is 25.5 Å². The van der Waals surface area contributed by atoms with Crippen LogP contribution in [0.1, 0.15) is 16.9 Å². The Balaban J connectivity index is 1.39. The van der Waals surface area contributed by atoms with Crippen molar-refractivity contribution >= 4 is 38.5 Å². The average Bonchev–Trinajstić information content (AvgIpc) is 3.35. The highest BCUT2D eigenvalue weighted by Gasteiger charge is 2.12. The Labute approximate surface area is 232 Å². The summed E-state index contributed by atoms with van der Waals surface area (Å²) in [5.74, 6) is 1.54. The maximum absolute atomic E-state index is 13.4. The lowest BCUT2D eigenvalue weighted by molar-refractivity contribution is 0.306. The number of hydrogen-bond donors (Lipinski definition) is 3. The SMILES string of the molecule is C=C(Nc1ccc(OCc2cccc(F)c2)c(Cl)c1)c1cc(-c2ccc(CNCCS(C)(=O)=O)o2)ccc1N. The monoisotopic (exact) mass is 569 g/mol. The third kappa shape index (κ3) is 8.10. The van der Waals surface area contributed by atoms with Crippen LogP contribution >= 0.6 is 11.6 Å². The van der Waals surface area contributed by atoms with Crippen LogP contribution in [0.2, 0.25) is 5.02 Å². The van der Waals surface area contributed by atoms with Crippen LogP contribution in [0.4, 0.5) is 15.8 Å². The zero-order chi connectivity index (χ0) is 28.0. The van der Waals surface area contributed by atoms with E-state index >= 15 is 0 Å². The van der Waals surface area contributed by atoms with E-state index in [9.17, 15) is 12.8 Å². The van der Waals surface area contributed by atoms with E-state index in [0.717, 1.165) is 5.56 Å². The first-order chi connectivity index (χ1) is 18.6. The van der Waals surface area contributed by atoms with Gasteiger partial charge in [-0.05, 0) is 66.2 Å². The highest BCUT2D eigenvalue weighted by Crippen LogP contribution is 2.32. The summed E-state index contributed by atoms with van der Waals surface area (Å²) < 4.78 is 47.6. The summed E-state index contributed by atoms with van der Waals surface area (Å²) in [6, 6.07) is 20.6. The van der Waals surface area contributed by atoms with Crippen LogP contribution in [0.25, 0.3) is 17.0 Å². The van der Waals surface area contributed by atoms with Crippen molar-refractivity contribution in [1.82, 2.24) is 5.32 Å². The maximum Gasteiger partial charge on any atom is 0.148 e. The minimum atomic E-state index is -3.02. The molecule has 1 aromatic heterocycles. The molecule has 204 valence electrons. The molecule has 0 spiro atoms. The maximum atomic E-state index is 13.4. The van der Waals surface area contributed by atoms with Gasteiger partial charge in [-0.15, -0.1) is 0 Å². The number of halogens is 2. The molecule has 0 saturated carbocycles. The molecule has 0 atom stereocenters. The summed E-state index contributed by atoms with van der Waals surface area (Å²) in [5, 5.41) is 6.68. The van der Waals surface area contributed by atoms with Gasteiger partial charge in [-0.2, -0.15) is 0 Å². The van der Waals surface area contributed by atoms with E-state index < -0.39 is 9.84 Å². The summed E-state index contributed by atoms with van der Waals surface area (Å²) in [5.41, 5.74) is 10.2. The van der Waals surface area contributed by atoms with Crippen molar-refractivity contribution in [3.8, 4) is 17.1 Å². The van der Waals surface area contributed by atoms with Gasteiger partial charge in [0, 0.05) is 41.0 Å². The summed E-state index contributed by atoms with van der Waals surface area (Å²) >= 11 is 6.42.